The number of rotatable bonds is 3. The Hall–Kier alpha value is -0.630. The van der Waals surface area contributed by atoms with Crippen molar-refractivity contribution in [2.75, 3.05) is 6.16 Å². The van der Waals surface area contributed by atoms with Gasteiger partial charge in [0.25, 0.3) is 0 Å². The summed E-state index contributed by atoms with van der Waals surface area (Å²) in [6.07, 6.45) is 1.33. The first-order chi connectivity index (χ1) is 5.58. The Morgan fingerprint density at radius 2 is 1.83 bits per heavy atom. The second-order valence-corrected chi connectivity index (χ2v) is 4.16. The third kappa shape index (κ3) is 3.67. The van der Waals surface area contributed by atoms with Gasteiger partial charge >= 0.3 is 7.60 Å². The van der Waals surface area contributed by atoms with Gasteiger partial charge in [-0.3, -0.25) is 4.57 Å². The summed E-state index contributed by atoms with van der Waals surface area (Å²) >= 11 is 0. The van der Waals surface area contributed by atoms with Crippen LogP contribution in [-0.4, -0.2) is 15.9 Å². The predicted octanol–water partition coefficient (Wildman–Crippen LogP) is 1.42. The minimum absolute atomic E-state index is 0.197. The third-order valence-electron chi connectivity index (χ3n) is 1.36. The van der Waals surface area contributed by atoms with Crippen molar-refractivity contribution < 1.29 is 14.4 Å². The highest BCUT2D eigenvalue weighted by atomic mass is 31.2. The molecule has 0 fully saturated rings. The molecule has 0 aliphatic carbocycles. The lowest BCUT2D eigenvalue weighted by Gasteiger charge is -2.02. The van der Waals surface area contributed by atoms with Crippen LogP contribution in [0.25, 0.3) is 0 Å². The summed E-state index contributed by atoms with van der Waals surface area (Å²) in [5.41, 5.74) is 0.834. The van der Waals surface area contributed by atoms with Crippen LogP contribution in [0.5, 0.6) is 0 Å². The van der Waals surface area contributed by atoms with E-state index in [4.69, 9.17) is 9.79 Å². The maximum absolute atomic E-state index is 10.5. The zero-order valence-corrected chi connectivity index (χ0v) is 7.32. The van der Waals surface area contributed by atoms with Gasteiger partial charge < -0.3 is 9.79 Å². The minimum atomic E-state index is -3.89. The Bertz CT molecular complexity index is 278. The van der Waals surface area contributed by atoms with Crippen LogP contribution in [0, 0.1) is 6.42 Å². The molecule has 3 nitrogen and oxygen atoms in total. The molecule has 0 heterocycles. The summed E-state index contributed by atoms with van der Waals surface area (Å²) in [5.74, 6) is 0. The van der Waals surface area contributed by atoms with Crippen molar-refractivity contribution in [3.05, 3.63) is 42.3 Å². The molecule has 1 radical (unpaired) electrons. The van der Waals surface area contributed by atoms with Crippen LogP contribution in [0.3, 0.4) is 0 Å². The van der Waals surface area contributed by atoms with Crippen molar-refractivity contribution >= 4 is 7.60 Å². The van der Waals surface area contributed by atoms with Gasteiger partial charge in [-0.2, -0.15) is 0 Å². The highest BCUT2D eigenvalue weighted by Crippen LogP contribution is 2.35. The number of hydrogen-bond acceptors (Lipinski definition) is 1. The highest BCUT2D eigenvalue weighted by Gasteiger charge is 2.11. The van der Waals surface area contributed by atoms with E-state index in [0.29, 0.717) is 0 Å². The summed E-state index contributed by atoms with van der Waals surface area (Å²) in [4.78, 5) is 17.1. The molecule has 1 aromatic carbocycles. The van der Waals surface area contributed by atoms with E-state index in [9.17, 15) is 4.57 Å². The Morgan fingerprint density at radius 3 is 2.33 bits per heavy atom. The van der Waals surface area contributed by atoms with Crippen molar-refractivity contribution in [2.45, 2.75) is 0 Å². The molecule has 0 saturated carbocycles. The van der Waals surface area contributed by atoms with Gasteiger partial charge in [0.05, 0.1) is 6.16 Å². The van der Waals surface area contributed by atoms with E-state index in [1.54, 1.807) is 12.1 Å². The van der Waals surface area contributed by atoms with Gasteiger partial charge in [0.1, 0.15) is 0 Å². The topological polar surface area (TPSA) is 57.5 Å². The van der Waals surface area contributed by atoms with Crippen molar-refractivity contribution in [3.8, 4) is 0 Å². The van der Waals surface area contributed by atoms with E-state index < -0.39 is 7.60 Å². The lowest BCUT2D eigenvalue weighted by Crippen LogP contribution is -1.89. The second kappa shape index (κ2) is 3.85. The van der Waals surface area contributed by atoms with Crippen LogP contribution in [0.4, 0.5) is 0 Å². The fraction of sp³-hybridized carbons (Fsp3) is 0.125. The maximum atomic E-state index is 10.5. The van der Waals surface area contributed by atoms with Crippen LogP contribution >= 0.6 is 7.60 Å². The molecule has 0 aliphatic rings. The zero-order valence-electron chi connectivity index (χ0n) is 6.42. The maximum Gasteiger partial charge on any atom is 0.326 e. The standard InChI is InChI=1S/C8H10O3P/c9-12(10,11)7-6-8-4-2-1-3-5-8/h1-6H,7H2,(H2,9,10,11). The van der Waals surface area contributed by atoms with Gasteiger partial charge in [0, 0.05) is 6.42 Å². The molecule has 0 saturated heterocycles. The fourth-order valence-corrected chi connectivity index (χ4v) is 1.26. The summed E-state index contributed by atoms with van der Waals surface area (Å²) in [6, 6.07) is 9.11. The van der Waals surface area contributed by atoms with Crippen molar-refractivity contribution in [3.63, 3.8) is 0 Å². The number of hydrogen-bond donors (Lipinski definition) is 2. The van der Waals surface area contributed by atoms with E-state index in [1.165, 1.54) is 6.42 Å². The monoisotopic (exact) mass is 185 g/mol. The largest absolute Gasteiger partial charge is 0.326 e. The van der Waals surface area contributed by atoms with Gasteiger partial charge in [-0.1, -0.05) is 30.3 Å². The smallest absolute Gasteiger partial charge is 0.324 e. The van der Waals surface area contributed by atoms with Gasteiger partial charge in [0.2, 0.25) is 0 Å². The molecule has 0 amide bonds. The Kier molecular flexibility index (Phi) is 3.04. The normalized spacial score (nSPS) is 11.5. The molecule has 4 heteroatoms. The Morgan fingerprint density at radius 1 is 1.25 bits per heavy atom. The molecule has 0 atom stereocenters. The van der Waals surface area contributed by atoms with Crippen LogP contribution in [0.2, 0.25) is 0 Å². The molecule has 1 rings (SSSR count). The Balaban J connectivity index is 2.50. The first-order valence-corrected chi connectivity index (χ1v) is 5.30. The van der Waals surface area contributed by atoms with Crippen molar-refractivity contribution in [2.24, 2.45) is 0 Å². The molecular weight excluding hydrogens is 175 g/mol. The van der Waals surface area contributed by atoms with Gasteiger partial charge in [-0.05, 0) is 5.56 Å². The quantitative estimate of drug-likeness (QED) is 0.700. The highest BCUT2D eigenvalue weighted by molar-refractivity contribution is 7.51. The lowest BCUT2D eigenvalue weighted by molar-refractivity contribution is 0.376. The van der Waals surface area contributed by atoms with Gasteiger partial charge in [0.15, 0.2) is 0 Å². The summed E-state index contributed by atoms with van der Waals surface area (Å²) in [6.45, 7) is 0. The average Bonchev–Trinajstić information content (AvgIpc) is 2.02. The van der Waals surface area contributed by atoms with Crippen LogP contribution < -0.4 is 0 Å². The van der Waals surface area contributed by atoms with Crippen molar-refractivity contribution in [1.29, 1.82) is 0 Å². The van der Waals surface area contributed by atoms with Crippen LogP contribution in [0.1, 0.15) is 5.56 Å². The molecule has 2 N–H and O–H groups in total. The molecule has 0 spiro atoms. The first-order valence-electron chi connectivity index (χ1n) is 3.51. The molecule has 12 heavy (non-hydrogen) atoms. The summed E-state index contributed by atoms with van der Waals surface area (Å²) in [7, 11) is -3.89. The SMILES string of the molecule is O=P(O)(O)C[CH]c1ccccc1. The molecule has 1 aromatic rings. The van der Waals surface area contributed by atoms with Crippen molar-refractivity contribution in [1.82, 2.24) is 0 Å². The van der Waals surface area contributed by atoms with E-state index in [1.807, 2.05) is 18.2 Å². The van der Waals surface area contributed by atoms with Crippen LogP contribution in [0.15, 0.2) is 30.3 Å². The first kappa shape index (κ1) is 9.46. The predicted molar refractivity (Wildman–Crippen MR) is 46.8 cm³/mol. The summed E-state index contributed by atoms with van der Waals surface area (Å²) in [5, 5.41) is 0. The fourth-order valence-electron chi connectivity index (χ4n) is 0.813. The molecule has 0 bridgehead atoms. The van der Waals surface area contributed by atoms with Gasteiger partial charge in [-0.15, -0.1) is 0 Å². The van der Waals surface area contributed by atoms with E-state index >= 15 is 0 Å². The third-order valence-corrected chi connectivity index (χ3v) is 2.02. The van der Waals surface area contributed by atoms with E-state index in [0.717, 1.165) is 5.56 Å². The van der Waals surface area contributed by atoms with E-state index in [-0.39, 0.29) is 6.16 Å². The van der Waals surface area contributed by atoms with Gasteiger partial charge in [-0.25, -0.2) is 0 Å². The number of benzene rings is 1. The van der Waals surface area contributed by atoms with E-state index in [2.05, 4.69) is 0 Å². The molecule has 0 unspecified atom stereocenters. The lowest BCUT2D eigenvalue weighted by atomic mass is 10.2. The Labute approximate surface area is 71.2 Å². The summed E-state index contributed by atoms with van der Waals surface area (Å²) < 4.78 is 10.5. The zero-order chi connectivity index (χ0) is 9.03. The van der Waals surface area contributed by atoms with Crippen LogP contribution in [-0.2, 0) is 4.57 Å². The molecule has 0 aromatic heterocycles. The molecule has 0 aliphatic heterocycles. The molecule has 65 valence electrons. The average molecular weight is 185 g/mol. The minimum Gasteiger partial charge on any atom is -0.324 e. The molecular formula is C8H10O3P. The second-order valence-electron chi connectivity index (χ2n) is 2.46.